The smallest absolute Gasteiger partial charge is 0.212 e. The van der Waals surface area contributed by atoms with E-state index in [2.05, 4.69) is 10.2 Å². The second-order valence-corrected chi connectivity index (χ2v) is 12.6. The zero-order chi connectivity index (χ0) is 11.8. The van der Waals surface area contributed by atoms with Crippen LogP contribution < -0.4 is 10.2 Å². The highest BCUT2D eigenvalue weighted by Crippen LogP contribution is 2.59. The van der Waals surface area contributed by atoms with Crippen LogP contribution in [0.1, 0.15) is 12.8 Å². The molecule has 0 spiro atoms. The monoisotopic (exact) mass is 320 g/mol. The van der Waals surface area contributed by atoms with Gasteiger partial charge in [-0.15, -0.1) is 0 Å². The molecule has 2 heterocycles. The van der Waals surface area contributed by atoms with E-state index >= 15 is 0 Å². The Morgan fingerprint density at radius 1 is 1.06 bits per heavy atom. The van der Waals surface area contributed by atoms with Crippen LogP contribution in [0.5, 0.6) is 0 Å². The summed E-state index contributed by atoms with van der Waals surface area (Å²) in [6.45, 7) is 0.437. The van der Waals surface area contributed by atoms with E-state index in [4.69, 9.17) is 34.9 Å². The Bertz CT molecular complexity index is 336. The zero-order valence-corrected chi connectivity index (χ0v) is 12.9. The molecule has 0 saturated carbocycles. The maximum atomic E-state index is 10.2. The quantitative estimate of drug-likeness (QED) is 0.627. The summed E-state index contributed by atoms with van der Waals surface area (Å²) in [7, 11) is 0. The molecule has 16 heavy (non-hydrogen) atoms. The first-order valence-electron chi connectivity index (χ1n) is 5.12. The predicted octanol–water partition coefficient (Wildman–Crippen LogP) is 1.17. The zero-order valence-electron chi connectivity index (χ0n) is 8.67. The highest BCUT2D eigenvalue weighted by Gasteiger charge is 2.39. The molecule has 2 atom stereocenters. The fourth-order valence-electron chi connectivity index (χ4n) is 1.81. The van der Waals surface area contributed by atoms with E-state index in [9.17, 15) is 4.89 Å². The van der Waals surface area contributed by atoms with Crippen LogP contribution in [0, 0.1) is 0 Å². The van der Waals surface area contributed by atoms with Crippen molar-refractivity contribution in [2.75, 3.05) is 26.2 Å². The molecule has 2 aliphatic rings. The Morgan fingerprint density at radius 2 is 1.62 bits per heavy atom. The Hall–Kier alpha value is 1.39. The van der Waals surface area contributed by atoms with Crippen LogP contribution in [0.4, 0.5) is 0 Å². The standard InChI is InChI=1S/C6H15ClN4OP2S2/c7-13(15)8-3-1-5-10(13)11-6-2-4-9-14(11,12)16/h1-6H2,(H,8,15)(H2,9,12,16). The molecule has 0 amide bonds. The summed E-state index contributed by atoms with van der Waals surface area (Å²) in [4.78, 5) is 10.2. The van der Waals surface area contributed by atoms with Gasteiger partial charge in [0.25, 0.3) is 0 Å². The summed E-state index contributed by atoms with van der Waals surface area (Å²) in [6, 6.07) is 0. The minimum Gasteiger partial charge on any atom is -0.342 e. The lowest BCUT2D eigenvalue weighted by Gasteiger charge is -2.47. The summed E-state index contributed by atoms with van der Waals surface area (Å²) in [5.74, 6) is 0. The Morgan fingerprint density at radius 3 is 2.19 bits per heavy atom. The number of hydrazine groups is 1. The minimum atomic E-state index is -2.67. The van der Waals surface area contributed by atoms with E-state index in [0.29, 0.717) is 0 Å². The van der Waals surface area contributed by atoms with Crippen molar-refractivity contribution in [2.45, 2.75) is 12.8 Å². The van der Waals surface area contributed by atoms with Crippen LogP contribution in [-0.4, -0.2) is 40.6 Å². The SMILES string of the molecule is OP1(=S)NCCCN1N1CCCNP1(=S)Cl. The molecule has 2 rings (SSSR count). The van der Waals surface area contributed by atoms with Crippen molar-refractivity contribution < 1.29 is 4.89 Å². The third kappa shape index (κ3) is 2.86. The Labute approximate surface area is 111 Å². The van der Waals surface area contributed by atoms with Crippen molar-refractivity contribution in [3.8, 4) is 0 Å². The number of hydrogen-bond acceptors (Lipinski definition) is 2. The maximum absolute atomic E-state index is 10.2. The molecule has 10 heteroatoms. The van der Waals surface area contributed by atoms with Crippen molar-refractivity contribution in [3.05, 3.63) is 0 Å². The van der Waals surface area contributed by atoms with E-state index in [1.165, 1.54) is 0 Å². The first-order chi connectivity index (χ1) is 7.43. The highest BCUT2D eigenvalue weighted by molar-refractivity contribution is 8.25. The topological polar surface area (TPSA) is 50.8 Å². The predicted molar refractivity (Wildman–Crippen MR) is 75.3 cm³/mol. The van der Waals surface area contributed by atoms with Gasteiger partial charge in [0.1, 0.15) is 0 Å². The lowest BCUT2D eigenvalue weighted by Crippen LogP contribution is -2.48. The number of rotatable bonds is 1. The molecule has 3 N–H and O–H groups in total. The van der Waals surface area contributed by atoms with E-state index < -0.39 is 12.3 Å². The van der Waals surface area contributed by atoms with E-state index in [-0.39, 0.29) is 0 Å². The first-order valence-corrected chi connectivity index (χ1v) is 11.5. The number of nitrogens with one attached hydrogen (secondary N) is 2. The average Bonchev–Trinajstić information content (AvgIpc) is 2.18. The summed E-state index contributed by atoms with van der Waals surface area (Å²) in [5, 5.41) is 6.15. The first kappa shape index (κ1) is 13.8. The normalized spacial score (nSPS) is 43.4. The van der Waals surface area contributed by atoms with Crippen molar-refractivity contribution in [3.63, 3.8) is 0 Å². The summed E-state index contributed by atoms with van der Waals surface area (Å²) < 4.78 is 3.69. The maximum Gasteiger partial charge on any atom is 0.212 e. The van der Waals surface area contributed by atoms with Gasteiger partial charge in [-0.05, 0) is 36.5 Å². The summed E-state index contributed by atoms with van der Waals surface area (Å²) in [6.07, 6.45) is 1.92. The lowest BCUT2D eigenvalue weighted by molar-refractivity contribution is 0.142. The second-order valence-electron chi connectivity index (χ2n) is 3.76. The third-order valence-corrected chi connectivity index (χ3v) is 8.80. The molecule has 0 radical (unpaired) electrons. The summed E-state index contributed by atoms with van der Waals surface area (Å²) in [5.41, 5.74) is -2.27. The van der Waals surface area contributed by atoms with Crippen molar-refractivity contribution in [1.29, 1.82) is 0 Å². The van der Waals surface area contributed by atoms with Gasteiger partial charge in [-0.2, -0.15) is 9.56 Å². The molecule has 2 aliphatic heterocycles. The van der Waals surface area contributed by atoms with Gasteiger partial charge in [-0.25, -0.2) is 0 Å². The molecule has 0 aromatic rings. The van der Waals surface area contributed by atoms with Gasteiger partial charge in [0.05, 0.1) is 0 Å². The van der Waals surface area contributed by atoms with Crippen molar-refractivity contribution in [1.82, 2.24) is 19.7 Å². The molecule has 0 aromatic heterocycles. The Balaban J connectivity index is 2.22. The second kappa shape index (κ2) is 5.17. The van der Waals surface area contributed by atoms with Gasteiger partial charge in [-0.1, -0.05) is 11.2 Å². The molecular formula is C6H15ClN4OP2S2. The van der Waals surface area contributed by atoms with Crippen LogP contribution in [0.2, 0.25) is 0 Å². The van der Waals surface area contributed by atoms with E-state index in [1.54, 1.807) is 4.78 Å². The van der Waals surface area contributed by atoms with E-state index in [1.807, 2.05) is 4.78 Å². The molecule has 2 fully saturated rings. The van der Waals surface area contributed by atoms with Crippen LogP contribution in [0.25, 0.3) is 0 Å². The van der Waals surface area contributed by atoms with Crippen LogP contribution in [0.3, 0.4) is 0 Å². The molecule has 2 unspecified atom stereocenters. The molecular weight excluding hydrogens is 306 g/mol. The number of halogens is 1. The van der Waals surface area contributed by atoms with Crippen molar-refractivity contribution in [2.24, 2.45) is 0 Å². The van der Waals surface area contributed by atoms with E-state index in [0.717, 1.165) is 39.0 Å². The van der Waals surface area contributed by atoms with Gasteiger partial charge in [0.15, 0.2) is 5.69 Å². The highest BCUT2D eigenvalue weighted by atomic mass is 35.7. The fourth-order valence-corrected chi connectivity index (χ4v) is 8.02. The number of nitrogens with zero attached hydrogens (tertiary/aromatic N) is 2. The average molecular weight is 321 g/mol. The third-order valence-electron chi connectivity index (χ3n) is 2.57. The van der Waals surface area contributed by atoms with Gasteiger partial charge < -0.3 is 4.89 Å². The number of hydrogen-bond donors (Lipinski definition) is 3. The van der Waals surface area contributed by atoms with Gasteiger partial charge >= 0.3 is 0 Å². The molecule has 0 aliphatic carbocycles. The molecule has 5 nitrogen and oxygen atoms in total. The molecule has 0 aromatic carbocycles. The van der Waals surface area contributed by atoms with Gasteiger partial charge in [-0.3, -0.25) is 10.2 Å². The summed E-state index contributed by atoms with van der Waals surface area (Å²) >= 11 is 16.9. The minimum absolute atomic E-state index is 0.730. The molecule has 94 valence electrons. The van der Waals surface area contributed by atoms with Crippen molar-refractivity contribution >= 4 is 47.1 Å². The molecule has 2 saturated heterocycles. The Kier molecular flexibility index (Phi) is 4.47. The lowest BCUT2D eigenvalue weighted by atomic mass is 10.4. The van der Waals surface area contributed by atoms with Gasteiger partial charge in [0.2, 0.25) is 6.57 Å². The van der Waals surface area contributed by atoms with Crippen LogP contribution >= 0.6 is 23.5 Å². The largest absolute Gasteiger partial charge is 0.342 e. The van der Waals surface area contributed by atoms with Gasteiger partial charge in [0, 0.05) is 26.2 Å². The van der Waals surface area contributed by atoms with Crippen LogP contribution in [0.15, 0.2) is 0 Å². The molecule has 0 bridgehead atoms. The van der Waals surface area contributed by atoms with Crippen LogP contribution in [-0.2, 0) is 23.6 Å². The fraction of sp³-hybridized carbons (Fsp3) is 1.00.